The Hall–Kier alpha value is -0.870. The van der Waals surface area contributed by atoms with Crippen molar-refractivity contribution in [2.24, 2.45) is 0 Å². The van der Waals surface area contributed by atoms with Gasteiger partial charge in [0.2, 0.25) is 0 Å². The molecule has 0 aliphatic heterocycles. The Bertz CT molecular complexity index is 578. The molecule has 0 fully saturated rings. The third-order valence-corrected chi connectivity index (χ3v) is 4.61. The fourth-order valence-electron chi connectivity index (χ4n) is 3.12. The molecule has 0 amide bonds. The molecule has 1 unspecified atom stereocenters. The summed E-state index contributed by atoms with van der Waals surface area (Å²) < 4.78 is 1.29. The number of halogens is 1. The first-order valence-electron chi connectivity index (χ1n) is 7.56. The van der Waals surface area contributed by atoms with E-state index in [0.717, 1.165) is 13.0 Å². The molecule has 0 saturated carbocycles. The van der Waals surface area contributed by atoms with Gasteiger partial charge in [-0.2, -0.15) is 0 Å². The van der Waals surface area contributed by atoms with Gasteiger partial charge in [0, 0.05) is 9.61 Å². The predicted molar refractivity (Wildman–Crippen MR) is 99.9 cm³/mol. The standard InChI is InChI=1S/C19H24IN/c1-5-21-18(12-16-6-8-17(20)9-7-16)19-14(3)10-13(2)11-15(19)4/h6-11,18,21H,5,12H2,1-4H3. The summed E-state index contributed by atoms with van der Waals surface area (Å²) in [4.78, 5) is 0. The molecule has 0 radical (unpaired) electrons. The molecule has 0 aliphatic rings. The van der Waals surface area contributed by atoms with E-state index in [1.54, 1.807) is 0 Å². The highest BCUT2D eigenvalue weighted by molar-refractivity contribution is 14.1. The summed E-state index contributed by atoms with van der Waals surface area (Å²) in [6.45, 7) is 9.80. The molecule has 0 spiro atoms. The number of hydrogen-bond acceptors (Lipinski definition) is 1. The molecule has 1 nitrogen and oxygen atoms in total. The monoisotopic (exact) mass is 393 g/mol. The lowest BCUT2D eigenvalue weighted by molar-refractivity contribution is 0.544. The molecule has 2 aromatic carbocycles. The van der Waals surface area contributed by atoms with Gasteiger partial charge in [-0.3, -0.25) is 0 Å². The number of likely N-dealkylation sites (N-methyl/N-ethyl adjacent to an activating group) is 1. The average Bonchev–Trinajstić information content (AvgIpc) is 2.40. The van der Waals surface area contributed by atoms with Crippen LogP contribution in [0.1, 0.15) is 40.8 Å². The normalized spacial score (nSPS) is 12.4. The van der Waals surface area contributed by atoms with Gasteiger partial charge in [-0.05, 0) is 90.7 Å². The summed E-state index contributed by atoms with van der Waals surface area (Å²) in [6, 6.07) is 13.8. The Labute approximate surface area is 142 Å². The summed E-state index contributed by atoms with van der Waals surface area (Å²) in [5.41, 5.74) is 6.98. The first kappa shape index (κ1) is 16.5. The van der Waals surface area contributed by atoms with E-state index in [0.29, 0.717) is 6.04 Å². The fraction of sp³-hybridized carbons (Fsp3) is 0.368. The maximum atomic E-state index is 3.66. The number of rotatable bonds is 5. The first-order valence-corrected chi connectivity index (χ1v) is 8.64. The minimum absolute atomic E-state index is 0.385. The molecule has 0 aromatic heterocycles. The number of nitrogens with one attached hydrogen (secondary N) is 1. The summed E-state index contributed by atoms with van der Waals surface area (Å²) >= 11 is 2.36. The molecule has 0 heterocycles. The molecule has 0 aliphatic carbocycles. The highest BCUT2D eigenvalue weighted by Crippen LogP contribution is 2.26. The Kier molecular flexibility index (Phi) is 5.82. The van der Waals surface area contributed by atoms with Crippen LogP contribution in [0.25, 0.3) is 0 Å². The molecule has 2 rings (SSSR count). The lowest BCUT2D eigenvalue weighted by Crippen LogP contribution is -2.24. The van der Waals surface area contributed by atoms with Crippen LogP contribution in [0, 0.1) is 24.3 Å². The van der Waals surface area contributed by atoms with Gasteiger partial charge < -0.3 is 5.32 Å². The van der Waals surface area contributed by atoms with E-state index in [1.165, 1.54) is 31.4 Å². The molecule has 2 aromatic rings. The van der Waals surface area contributed by atoms with Crippen molar-refractivity contribution in [3.05, 3.63) is 67.8 Å². The largest absolute Gasteiger partial charge is 0.310 e. The Morgan fingerprint density at radius 1 is 1.00 bits per heavy atom. The van der Waals surface area contributed by atoms with Crippen LogP contribution in [0.4, 0.5) is 0 Å². The second-order valence-corrected chi connectivity index (χ2v) is 7.00. The Balaban J connectivity index is 2.33. The molecular formula is C19H24IN. The summed E-state index contributed by atoms with van der Waals surface area (Å²) in [6.07, 6.45) is 1.04. The van der Waals surface area contributed by atoms with Crippen LogP contribution in [-0.2, 0) is 6.42 Å². The minimum Gasteiger partial charge on any atom is -0.310 e. The summed E-state index contributed by atoms with van der Waals surface area (Å²) in [5, 5.41) is 3.66. The van der Waals surface area contributed by atoms with Crippen molar-refractivity contribution >= 4 is 22.6 Å². The highest BCUT2D eigenvalue weighted by atomic mass is 127. The van der Waals surface area contributed by atoms with Gasteiger partial charge in [0.1, 0.15) is 0 Å². The van der Waals surface area contributed by atoms with E-state index in [-0.39, 0.29) is 0 Å². The molecule has 21 heavy (non-hydrogen) atoms. The van der Waals surface area contributed by atoms with E-state index >= 15 is 0 Å². The van der Waals surface area contributed by atoms with Crippen LogP contribution in [0.2, 0.25) is 0 Å². The third kappa shape index (κ3) is 4.30. The SMILES string of the molecule is CCNC(Cc1ccc(I)cc1)c1c(C)cc(C)cc1C. The minimum atomic E-state index is 0.385. The van der Waals surface area contributed by atoms with Crippen molar-refractivity contribution < 1.29 is 0 Å². The van der Waals surface area contributed by atoms with Crippen molar-refractivity contribution in [3.8, 4) is 0 Å². The fourth-order valence-corrected chi connectivity index (χ4v) is 3.48. The lowest BCUT2D eigenvalue weighted by Gasteiger charge is -2.23. The van der Waals surface area contributed by atoms with Crippen LogP contribution in [0.15, 0.2) is 36.4 Å². The van der Waals surface area contributed by atoms with Crippen LogP contribution in [-0.4, -0.2) is 6.54 Å². The summed E-state index contributed by atoms with van der Waals surface area (Å²) in [5.74, 6) is 0. The maximum Gasteiger partial charge on any atom is 0.0366 e. The number of aryl methyl sites for hydroxylation is 3. The van der Waals surface area contributed by atoms with Gasteiger partial charge in [-0.1, -0.05) is 36.8 Å². The quantitative estimate of drug-likeness (QED) is 0.697. The predicted octanol–water partition coefficient (Wildman–Crippen LogP) is 5.11. The van der Waals surface area contributed by atoms with Gasteiger partial charge in [-0.15, -0.1) is 0 Å². The molecule has 2 heteroatoms. The van der Waals surface area contributed by atoms with Gasteiger partial charge in [0.15, 0.2) is 0 Å². The van der Waals surface area contributed by atoms with Crippen LogP contribution in [0.3, 0.4) is 0 Å². The Morgan fingerprint density at radius 2 is 1.57 bits per heavy atom. The zero-order valence-electron chi connectivity index (χ0n) is 13.3. The van der Waals surface area contributed by atoms with E-state index in [2.05, 4.69) is 92.0 Å². The van der Waals surface area contributed by atoms with Crippen LogP contribution < -0.4 is 5.32 Å². The maximum absolute atomic E-state index is 3.66. The highest BCUT2D eigenvalue weighted by Gasteiger charge is 2.16. The third-order valence-electron chi connectivity index (χ3n) is 3.89. The number of hydrogen-bond donors (Lipinski definition) is 1. The zero-order valence-corrected chi connectivity index (χ0v) is 15.5. The van der Waals surface area contributed by atoms with Crippen molar-refractivity contribution in [2.45, 2.75) is 40.2 Å². The van der Waals surface area contributed by atoms with Crippen molar-refractivity contribution in [1.82, 2.24) is 5.32 Å². The van der Waals surface area contributed by atoms with Gasteiger partial charge in [-0.25, -0.2) is 0 Å². The van der Waals surface area contributed by atoms with E-state index in [4.69, 9.17) is 0 Å². The zero-order chi connectivity index (χ0) is 15.4. The second-order valence-electron chi connectivity index (χ2n) is 5.75. The number of benzene rings is 2. The van der Waals surface area contributed by atoms with E-state index < -0.39 is 0 Å². The second kappa shape index (κ2) is 7.41. The average molecular weight is 393 g/mol. The van der Waals surface area contributed by atoms with Crippen molar-refractivity contribution in [3.63, 3.8) is 0 Å². The van der Waals surface area contributed by atoms with Gasteiger partial charge in [0.25, 0.3) is 0 Å². The molecule has 1 N–H and O–H groups in total. The Morgan fingerprint density at radius 3 is 2.10 bits per heavy atom. The lowest BCUT2D eigenvalue weighted by atomic mass is 9.90. The van der Waals surface area contributed by atoms with Gasteiger partial charge >= 0.3 is 0 Å². The topological polar surface area (TPSA) is 12.0 Å². The van der Waals surface area contributed by atoms with Gasteiger partial charge in [0.05, 0.1) is 0 Å². The molecule has 0 bridgehead atoms. The molecule has 0 saturated heterocycles. The van der Waals surface area contributed by atoms with E-state index in [1.807, 2.05) is 0 Å². The molecule has 1 atom stereocenters. The first-order chi connectivity index (χ1) is 10.0. The smallest absolute Gasteiger partial charge is 0.0366 e. The van der Waals surface area contributed by atoms with E-state index in [9.17, 15) is 0 Å². The molecular weight excluding hydrogens is 369 g/mol. The molecule has 112 valence electrons. The summed E-state index contributed by atoms with van der Waals surface area (Å²) in [7, 11) is 0. The van der Waals surface area contributed by atoms with Crippen LogP contribution in [0.5, 0.6) is 0 Å². The van der Waals surface area contributed by atoms with Crippen molar-refractivity contribution in [1.29, 1.82) is 0 Å². The van der Waals surface area contributed by atoms with Crippen molar-refractivity contribution in [2.75, 3.05) is 6.54 Å². The van der Waals surface area contributed by atoms with Crippen LogP contribution >= 0.6 is 22.6 Å².